The van der Waals surface area contributed by atoms with Crippen LogP contribution in [0, 0.1) is 22.5 Å². The summed E-state index contributed by atoms with van der Waals surface area (Å²) < 4.78 is 27.9. The van der Waals surface area contributed by atoms with Gasteiger partial charge in [0.05, 0.1) is 11.2 Å². The highest BCUT2D eigenvalue weighted by molar-refractivity contribution is 6.24. The number of aromatic nitrogens is 1. The molecule has 0 fully saturated rings. The molecule has 0 atom stereocenters. The van der Waals surface area contributed by atoms with E-state index in [0.717, 1.165) is 11.6 Å². The number of pyridine rings is 1. The summed E-state index contributed by atoms with van der Waals surface area (Å²) in [6.45, 7) is 3.46. The first-order chi connectivity index (χ1) is 11.3. The molecule has 1 aromatic heterocycles. The second kappa shape index (κ2) is 5.67. The lowest BCUT2D eigenvalue weighted by Gasteiger charge is -2.42. The minimum atomic E-state index is -0.867. The van der Waals surface area contributed by atoms with Crippen LogP contribution in [0.4, 0.5) is 20.2 Å². The van der Waals surface area contributed by atoms with E-state index in [1.54, 1.807) is 38.4 Å². The van der Waals surface area contributed by atoms with Gasteiger partial charge in [-0.3, -0.25) is 20.7 Å². The molecule has 0 unspecified atom stereocenters. The highest BCUT2D eigenvalue weighted by Crippen LogP contribution is 2.38. The second-order valence-corrected chi connectivity index (χ2v) is 6.20. The van der Waals surface area contributed by atoms with E-state index in [0.29, 0.717) is 0 Å². The Morgan fingerprint density at radius 3 is 2.75 bits per heavy atom. The quantitative estimate of drug-likeness (QED) is 0.582. The van der Waals surface area contributed by atoms with Gasteiger partial charge in [0.25, 0.3) is 0 Å². The van der Waals surface area contributed by atoms with Crippen LogP contribution in [0.1, 0.15) is 19.4 Å². The van der Waals surface area contributed by atoms with Crippen LogP contribution in [0.2, 0.25) is 0 Å². The van der Waals surface area contributed by atoms with Crippen molar-refractivity contribution in [1.82, 2.24) is 4.98 Å². The zero-order valence-electron chi connectivity index (χ0n) is 13.3. The van der Waals surface area contributed by atoms with Gasteiger partial charge in [-0.2, -0.15) is 0 Å². The summed E-state index contributed by atoms with van der Waals surface area (Å²) in [6, 6.07) is 5.49. The summed E-state index contributed by atoms with van der Waals surface area (Å²) >= 11 is 0. The van der Waals surface area contributed by atoms with Gasteiger partial charge in [-0.1, -0.05) is 6.07 Å². The van der Waals surface area contributed by atoms with Crippen molar-refractivity contribution in [3.63, 3.8) is 0 Å². The third kappa shape index (κ3) is 2.73. The van der Waals surface area contributed by atoms with Gasteiger partial charge in [0, 0.05) is 24.9 Å². The van der Waals surface area contributed by atoms with Crippen LogP contribution in [-0.2, 0) is 6.42 Å². The lowest BCUT2D eigenvalue weighted by molar-refractivity contribution is 0.581. The molecule has 0 aliphatic carbocycles. The van der Waals surface area contributed by atoms with E-state index in [2.05, 4.69) is 10.3 Å². The SMILES string of the molecule is CC1(C)Nc2cc(F)cc(F)c2N(C(=N)Cc2cccnc2)C1=N. The minimum absolute atomic E-state index is 0.00499. The van der Waals surface area contributed by atoms with Crippen molar-refractivity contribution >= 4 is 23.0 Å². The Kier molecular flexibility index (Phi) is 3.79. The van der Waals surface area contributed by atoms with E-state index >= 15 is 0 Å². The normalized spacial score (nSPS) is 15.7. The van der Waals surface area contributed by atoms with Gasteiger partial charge in [-0.15, -0.1) is 0 Å². The van der Waals surface area contributed by atoms with Crippen molar-refractivity contribution in [3.8, 4) is 0 Å². The van der Waals surface area contributed by atoms with Crippen LogP contribution < -0.4 is 10.2 Å². The topological polar surface area (TPSA) is 75.9 Å². The van der Waals surface area contributed by atoms with Gasteiger partial charge >= 0.3 is 0 Å². The Labute approximate surface area is 138 Å². The average Bonchev–Trinajstić information content (AvgIpc) is 2.49. The molecule has 2 heterocycles. The van der Waals surface area contributed by atoms with Crippen molar-refractivity contribution < 1.29 is 8.78 Å². The lowest BCUT2D eigenvalue weighted by atomic mass is 9.96. The number of anilines is 2. The fraction of sp³-hybridized carbons (Fsp3) is 0.235. The summed E-state index contributed by atoms with van der Waals surface area (Å²) in [6.07, 6.45) is 3.43. The zero-order valence-corrected chi connectivity index (χ0v) is 13.3. The number of nitrogens with one attached hydrogen (secondary N) is 3. The summed E-state index contributed by atoms with van der Waals surface area (Å²) in [5, 5.41) is 19.7. The number of hydrogen-bond acceptors (Lipinski definition) is 4. The Morgan fingerprint density at radius 1 is 1.33 bits per heavy atom. The van der Waals surface area contributed by atoms with Crippen LogP contribution in [0.15, 0.2) is 36.7 Å². The lowest BCUT2D eigenvalue weighted by Crippen LogP contribution is -2.56. The molecular weight excluding hydrogens is 312 g/mol. The number of rotatable bonds is 2. The molecular formula is C17H17F2N5. The van der Waals surface area contributed by atoms with Gasteiger partial charge in [-0.25, -0.2) is 8.78 Å². The van der Waals surface area contributed by atoms with Gasteiger partial charge in [-0.05, 0) is 31.5 Å². The molecule has 0 bridgehead atoms. The highest BCUT2D eigenvalue weighted by atomic mass is 19.1. The van der Waals surface area contributed by atoms with Crippen molar-refractivity contribution in [1.29, 1.82) is 10.8 Å². The maximum Gasteiger partial charge on any atom is 0.152 e. The number of fused-ring (bicyclic) bond motifs is 1. The summed E-state index contributed by atoms with van der Waals surface area (Å²) in [5.74, 6) is -1.47. The molecule has 5 nitrogen and oxygen atoms in total. The van der Waals surface area contributed by atoms with Gasteiger partial charge in [0.2, 0.25) is 0 Å². The van der Waals surface area contributed by atoms with Crippen molar-refractivity contribution in [2.24, 2.45) is 0 Å². The monoisotopic (exact) mass is 329 g/mol. The molecule has 0 radical (unpaired) electrons. The number of hydrogen-bond donors (Lipinski definition) is 3. The number of benzene rings is 1. The smallest absolute Gasteiger partial charge is 0.152 e. The van der Waals surface area contributed by atoms with Crippen LogP contribution in [-0.4, -0.2) is 22.2 Å². The molecule has 3 N–H and O–H groups in total. The minimum Gasteiger partial charge on any atom is -0.371 e. The predicted molar refractivity (Wildman–Crippen MR) is 89.9 cm³/mol. The molecule has 0 saturated carbocycles. The summed E-state index contributed by atoms with van der Waals surface area (Å²) in [4.78, 5) is 5.23. The molecule has 1 aliphatic rings. The largest absolute Gasteiger partial charge is 0.371 e. The fourth-order valence-electron chi connectivity index (χ4n) is 2.72. The molecule has 7 heteroatoms. The predicted octanol–water partition coefficient (Wildman–Crippen LogP) is 3.57. The van der Waals surface area contributed by atoms with Gasteiger partial charge in [0.15, 0.2) is 5.82 Å². The number of halogens is 2. The first kappa shape index (κ1) is 16.0. The van der Waals surface area contributed by atoms with E-state index in [1.165, 1.54) is 11.0 Å². The fourth-order valence-corrected chi connectivity index (χ4v) is 2.72. The zero-order chi connectivity index (χ0) is 17.5. The number of amidine groups is 2. The third-order valence-electron chi connectivity index (χ3n) is 3.88. The molecule has 1 aliphatic heterocycles. The molecule has 2 aromatic rings. The van der Waals surface area contributed by atoms with Crippen LogP contribution in [0.25, 0.3) is 0 Å². The van der Waals surface area contributed by atoms with Crippen LogP contribution in [0.5, 0.6) is 0 Å². The molecule has 1 aromatic carbocycles. The first-order valence-corrected chi connectivity index (χ1v) is 7.42. The van der Waals surface area contributed by atoms with Crippen LogP contribution in [0.3, 0.4) is 0 Å². The third-order valence-corrected chi connectivity index (χ3v) is 3.88. The summed E-state index contributed by atoms with van der Waals surface area (Å²) in [5.41, 5.74) is 0.129. The van der Waals surface area contributed by atoms with E-state index in [-0.39, 0.29) is 29.5 Å². The summed E-state index contributed by atoms with van der Waals surface area (Å²) in [7, 11) is 0. The molecule has 24 heavy (non-hydrogen) atoms. The Balaban J connectivity index is 2.06. The Morgan fingerprint density at radius 2 is 2.08 bits per heavy atom. The molecule has 0 saturated heterocycles. The molecule has 0 spiro atoms. The van der Waals surface area contributed by atoms with Gasteiger partial charge in [0.1, 0.15) is 23.2 Å². The van der Waals surface area contributed by atoms with Crippen molar-refractivity contribution in [2.45, 2.75) is 25.8 Å². The standard InChI is InChI=1S/C17H17F2N5/c1-17(2)16(21)24(14(20)6-10-4-3-5-22-9-10)15-12(19)7-11(18)8-13(15)23-17/h3-5,7-9,20-21,23H,6H2,1-2H3. The van der Waals surface area contributed by atoms with E-state index in [1.807, 2.05) is 0 Å². The molecule has 3 rings (SSSR count). The Hall–Kier alpha value is -2.83. The van der Waals surface area contributed by atoms with Crippen LogP contribution >= 0.6 is 0 Å². The highest BCUT2D eigenvalue weighted by Gasteiger charge is 2.39. The average molecular weight is 329 g/mol. The van der Waals surface area contributed by atoms with E-state index in [9.17, 15) is 8.78 Å². The molecule has 124 valence electrons. The molecule has 0 amide bonds. The van der Waals surface area contributed by atoms with Gasteiger partial charge < -0.3 is 5.32 Å². The number of nitrogens with zero attached hydrogens (tertiary/aromatic N) is 2. The maximum atomic E-state index is 14.4. The maximum absolute atomic E-state index is 14.4. The van der Waals surface area contributed by atoms with Crippen molar-refractivity contribution in [2.75, 3.05) is 10.2 Å². The first-order valence-electron chi connectivity index (χ1n) is 7.42. The van der Waals surface area contributed by atoms with E-state index in [4.69, 9.17) is 10.8 Å². The van der Waals surface area contributed by atoms with Crippen molar-refractivity contribution in [3.05, 3.63) is 53.9 Å². The Bertz CT molecular complexity index is 817. The second-order valence-electron chi connectivity index (χ2n) is 6.20. The van der Waals surface area contributed by atoms with E-state index < -0.39 is 17.2 Å².